The molecule has 0 aliphatic carbocycles. The minimum Gasteiger partial charge on any atom is -0.357 e. The number of anilines is 1. The number of rotatable bonds is 6. The van der Waals surface area contributed by atoms with Crippen LogP contribution >= 0.6 is 11.3 Å². The third-order valence-electron chi connectivity index (χ3n) is 3.57. The third kappa shape index (κ3) is 4.31. The topological polar surface area (TPSA) is 110 Å². The van der Waals surface area contributed by atoms with Crippen molar-refractivity contribution in [1.82, 2.24) is 15.3 Å². The molecule has 0 aliphatic heterocycles. The Labute approximate surface area is 157 Å². The van der Waals surface area contributed by atoms with Gasteiger partial charge in [0.05, 0.1) is 20.3 Å². The monoisotopic (exact) mass is 387 g/mol. The van der Waals surface area contributed by atoms with E-state index in [2.05, 4.69) is 20.6 Å². The van der Waals surface area contributed by atoms with E-state index in [0.717, 1.165) is 16.1 Å². The fourth-order valence-corrected chi connectivity index (χ4v) is 3.52. The van der Waals surface area contributed by atoms with Gasteiger partial charge in [0, 0.05) is 19.8 Å². The van der Waals surface area contributed by atoms with Gasteiger partial charge in [-0.15, -0.1) is 11.3 Å². The molecule has 0 aliphatic rings. The highest BCUT2D eigenvalue weighted by molar-refractivity contribution is 7.82. The Hall–Kier alpha value is -2.62. The van der Waals surface area contributed by atoms with Gasteiger partial charge in [-0.25, -0.2) is 19.3 Å². The number of carbonyl (C=O) groups excluding carboxylic acids is 1. The molecule has 2 aromatic heterocycles. The second kappa shape index (κ2) is 8.17. The molecule has 2 heterocycles. The molecule has 1 amide bonds. The zero-order chi connectivity index (χ0) is 18.5. The fourth-order valence-electron chi connectivity index (χ4n) is 2.22. The summed E-state index contributed by atoms with van der Waals surface area (Å²) in [5.41, 5.74) is 1.66. The molecule has 1 aromatic carbocycles. The summed E-state index contributed by atoms with van der Waals surface area (Å²) in [5.74, 6) is 0.374. The predicted molar refractivity (Wildman–Crippen MR) is 103 cm³/mol. The van der Waals surface area contributed by atoms with E-state index in [0.29, 0.717) is 22.3 Å². The molecule has 0 saturated heterocycles. The van der Waals surface area contributed by atoms with Crippen molar-refractivity contribution in [2.45, 2.75) is 11.4 Å². The van der Waals surface area contributed by atoms with Crippen LogP contribution in [0, 0.1) is 0 Å². The van der Waals surface area contributed by atoms with Gasteiger partial charge in [-0.1, -0.05) is 12.1 Å². The second-order valence-electron chi connectivity index (χ2n) is 5.30. The van der Waals surface area contributed by atoms with E-state index in [-0.39, 0.29) is 5.91 Å². The van der Waals surface area contributed by atoms with Crippen molar-refractivity contribution in [1.29, 1.82) is 0 Å². The molecule has 3 rings (SSSR count). The van der Waals surface area contributed by atoms with Crippen molar-refractivity contribution in [2.24, 2.45) is 5.14 Å². The molecule has 26 heavy (non-hydrogen) atoms. The molecule has 4 N–H and O–H groups in total. The molecule has 1 unspecified atom stereocenters. The molecular weight excluding hydrogens is 370 g/mol. The van der Waals surface area contributed by atoms with Crippen LogP contribution in [0.1, 0.15) is 15.2 Å². The van der Waals surface area contributed by atoms with E-state index in [1.807, 2.05) is 6.07 Å². The lowest BCUT2D eigenvalue weighted by atomic mass is 10.2. The summed E-state index contributed by atoms with van der Waals surface area (Å²) >= 11 is 1.37. The van der Waals surface area contributed by atoms with Gasteiger partial charge in [0.2, 0.25) is 5.95 Å². The van der Waals surface area contributed by atoms with Gasteiger partial charge >= 0.3 is 0 Å². The van der Waals surface area contributed by atoms with Crippen molar-refractivity contribution < 1.29 is 9.00 Å². The smallest absolute Gasteiger partial charge is 0.261 e. The van der Waals surface area contributed by atoms with Crippen molar-refractivity contribution >= 4 is 34.2 Å². The number of nitrogens with zero attached hydrogens (tertiary/aromatic N) is 2. The van der Waals surface area contributed by atoms with Crippen LogP contribution in [0.4, 0.5) is 5.95 Å². The van der Waals surface area contributed by atoms with Gasteiger partial charge in [0.15, 0.2) is 0 Å². The van der Waals surface area contributed by atoms with Gasteiger partial charge in [-0.2, -0.15) is 0 Å². The normalized spacial score (nSPS) is 11.8. The van der Waals surface area contributed by atoms with Crippen molar-refractivity contribution in [2.75, 3.05) is 12.4 Å². The van der Waals surface area contributed by atoms with Crippen LogP contribution in [0.25, 0.3) is 10.6 Å². The van der Waals surface area contributed by atoms with E-state index in [1.165, 1.54) is 11.3 Å². The number of aromatic nitrogens is 2. The Morgan fingerprint density at radius 1 is 1.19 bits per heavy atom. The minimum atomic E-state index is -1.50. The maximum Gasteiger partial charge on any atom is 0.261 e. The molecule has 9 heteroatoms. The standard InChI is InChI=1S/C17H17N5O2S2/c1-19-17-20-9-8-13(22-17)14-6-7-15(25-14)16(23)21-10-11-2-4-12(5-3-11)26(18)24/h2-9H,10,18H2,1H3,(H,21,23)(H,19,20,22). The first-order valence-corrected chi connectivity index (χ1v) is 9.74. The van der Waals surface area contributed by atoms with Gasteiger partial charge < -0.3 is 10.6 Å². The SMILES string of the molecule is CNc1nccc(-c2ccc(C(=O)NCc3ccc(S(N)=O)cc3)s2)n1. The van der Waals surface area contributed by atoms with Crippen molar-refractivity contribution in [3.8, 4) is 10.6 Å². The summed E-state index contributed by atoms with van der Waals surface area (Å²) in [6.07, 6.45) is 1.67. The zero-order valence-corrected chi connectivity index (χ0v) is 15.6. The van der Waals surface area contributed by atoms with E-state index in [4.69, 9.17) is 5.14 Å². The predicted octanol–water partition coefficient (Wildman–Crippen LogP) is 2.16. The highest BCUT2D eigenvalue weighted by atomic mass is 32.2. The number of nitrogens with two attached hydrogens (primary N) is 1. The number of thiophene rings is 1. The number of carbonyl (C=O) groups is 1. The summed E-state index contributed by atoms with van der Waals surface area (Å²) in [6.45, 7) is 0.376. The first kappa shape index (κ1) is 18.2. The van der Waals surface area contributed by atoms with Crippen LogP contribution < -0.4 is 15.8 Å². The highest BCUT2D eigenvalue weighted by Crippen LogP contribution is 2.27. The van der Waals surface area contributed by atoms with Crippen LogP contribution in [-0.4, -0.2) is 27.1 Å². The number of nitrogens with one attached hydrogen (secondary N) is 2. The summed E-state index contributed by atoms with van der Waals surface area (Å²) in [5, 5.41) is 11.1. The zero-order valence-electron chi connectivity index (χ0n) is 13.9. The average molecular weight is 387 g/mol. The second-order valence-corrected chi connectivity index (χ2v) is 7.45. The molecular formula is C17H17N5O2S2. The van der Waals surface area contributed by atoms with Crippen molar-refractivity contribution in [3.05, 3.63) is 59.1 Å². The molecule has 1 atom stereocenters. The van der Waals surface area contributed by atoms with Gasteiger partial charge in [0.1, 0.15) is 11.0 Å². The largest absolute Gasteiger partial charge is 0.357 e. The van der Waals surface area contributed by atoms with E-state index in [1.54, 1.807) is 49.6 Å². The minimum absolute atomic E-state index is 0.157. The molecule has 0 saturated carbocycles. The van der Waals surface area contributed by atoms with Crippen LogP contribution in [0.15, 0.2) is 53.6 Å². The molecule has 0 radical (unpaired) electrons. The van der Waals surface area contributed by atoms with E-state index >= 15 is 0 Å². The quantitative estimate of drug-likeness (QED) is 0.600. The Morgan fingerprint density at radius 2 is 1.96 bits per heavy atom. The molecule has 0 fully saturated rings. The number of amides is 1. The summed E-state index contributed by atoms with van der Waals surface area (Å²) in [4.78, 5) is 22.8. The van der Waals surface area contributed by atoms with Crippen LogP contribution in [-0.2, 0) is 17.5 Å². The molecule has 134 valence electrons. The highest BCUT2D eigenvalue weighted by Gasteiger charge is 2.11. The summed E-state index contributed by atoms with van der Waals surface area (Å²) in [6, 6.07) is 12.4. The van der Waals surface area contributed by atoms with Gasteiger partial charge in [-0.3, -0.25) is 4.79 Å². The Morgan fingerprint density at radius 3 is 2.65 bits per heavy atom. The van der Waals surface area contributed by atoms with E-state index in [9.17, 15) is 9.00 Å². The van der Waals surface area contributed by atoms with Crippen LogP contribution in [0.2, 0.25) is 0 Å². The third-order valence-corrected chi connectivity index (χ3v) is 5.41. The first-order chi connectivity index (χ1) is 12.6. The maximum atomic E-state index is 12.3. The number of hydrogen-bond donors (Lipinski definition) is 3. The number of hydrogen-bond acceptors (Lipinski definition) is 6. The Bertz CT molecular complexity index is 940. The van der Waals surface area contributed by atoms with Gasteiger partial charge in [-0.05, 0) is 35.9 Å². The van der Waals surface area contributed by atoms with Crippen molar-refractivity contribution in [3.63, 3.8) is 0 Å². The van der Waals surface area contributed by atoms with Gasteiger partial charge in [0.25, 0.3) is 5.91 Å². The summed E-state index contributed by atoms with van der Waals surface area (Å²) in [7, 11) is 0.256. The lowest BCUT2D eigenvalue weighted by molar-refractivity contribution is 0.0955. The van der Waals surface area contributed by atoms with Crippen LogP contribution in [0.3, 0.4) is 0 Å². The Kier molecular flexibility index (Phi) is 5.71. The average Bonchev–Trinajstić information content (AvgIpc) is 3.17. The first-order valence-electron chi connectivity index (χ1n) is 7.71. The maximum absolute atomic E-state index is 12.3. The summed E-state index contributed by atoms with van der Waals surface area (Å²) < 4.78 is 11.2. The molecule has 7 nitrogen and oxygen atoms in total. The lowest BCUT2D eigenvalue weighted by Crippen LogP contribution is -2.21. The fraction of sp³-hybridized carbons (Fsp3) is 0.118. The lowest BCUT2D eigenvalue weighted by Gasteiger charge is -2.04. The molecule has 3 aromatic rings. The number of benzene rings is 1. The van der Waals surface area contributed by atoms with Crippen LogP contribution in [0.5, 0.6) is 0 Å². The van der Waals surface area contributed by atoms with E-state index < -0.39 is 11.0 Å². The molecule has 0 bridgehead atoms. The Balaban J connectivity index is 1.65. The molecule has 0 spiro atoms.